The van der Waals surface area contributed by atoms with Gasteiger partial charge >= 0.3 is 5.69 Å². The fourth-order valence-corrected chi connectivity index (χ4v) is 2.52. The van der Waals surface area contributed by atoms with E-state index < -0.39 is 0 Å². The quantitative estimate of drug-likeness (QED) is 0.843. The van der Waals surface area contributed by atoms with Crippen LogP contribution >= 0.6 is 11.3 Å². The van der Waals surface area contributed by atoms with Crippen molar-refractivity contribution in [3.8, 4) is 11.8 Å². The molecule has 5 heteroatoms. The molecule has 2 rings (SSSR count). The zero-order valence-electron chi connectivity index (χ0n) is 10.1. The first-order valence-corrected chi connectivity index (χ1v) is 6.50. The lowest BCUT2D eigenvalue weighted by atomic mass is 10.4. The van der Waals surface area contributed by atoms with E-state index in [0.717, 1.165) is 9.75 Å². The van der Waals surface area contributed by atoms with Crippen molar-refractivity contribution < 1.29 is 5.11 Å². The van der Waals surface area contributed by atoms with E-state index in [9.17, 15) is 4.79 Å². The van der Waals surface area contributed by atoms with Crippen LogP contribution in [-0.2, 0) is 13.1 Å². The van der Waals surface area contributed by atoms with Crippen molar-refractivity contribution in [2.75, 3.05) is 6.61 Å². The number of nitrogens with zero attached hydrogens (tertiary/aromatic N) is 2. The molecule has 0 aromatic carbocycles. The second-order valence-corrected chi connectivity index (χ2v) is 4.89. The standard InChI is InChI=1S/C13H14N2O2S/c1-2-14-7-8-15(13(14)17)10-12-6-5-11(18-12)4-3-9-16/h5-8,16H,2,9-10H2,1H3. The van der Waals surface area contributed by atoms with E-state index >= 15 is 0 Å². The van der Waals surface area contributed by atoms with E-state index in [0.29, 0.717) is 13.1 Å². The molecule has 0 bridgehead atoms. The van der Waals surface area contributed by atoms with Gasteiger partial charge in [0, 0.05) is 23.8 Å². The molecule has 0 aliphatic carbocycles. The van der Waals surface area contributed by atoms with E-state index in [1.165, 1.54) is 11.3 Å². The molecular weight excluding hydrogens is 248 g/mol. The molecule has 0 aliphatic rings. The van der Waals surface area contributed by atoms with Gasteiger partial charge in [-0.1, -0.05) is 11.8 Å². The average Bonchev–Trinajstić information content (AvgIpc) is 2.96. The highest BCUT2D eigenvalue weighted by Crippen LogP contribution is 2.16. The van der Waals surface area contributed by atoms with Gasteiger partial charge in [0.2, 0.25) is 0 Å². The maximum Gasteiger partial charge on any atom is 0.328 e. The zero-order valence-corrected chi connectivity index (χ0v) is 10.9. The highest BCUT2D eigenvalue weighted by atomic mass is 32.1. The third kappa shape index (κ3) is 2.73. The Kier molecular flexibility index (Phi) is 4.03. The molecule has 2 heterocycles. The maximum atomic E-state index is 11.9. The molecule has 0 aliphatic heterocycles. The second kappa shape index (κ2) is 5.71. The van der Waals surface area contributed by atoms with Crippen LogP contribution in [0.25, 0.3) is 0 Å². The molecular formula is C13H14N2O2S. The minimum Gasteiger partial charge on any atom is -0.384 e. The van der Waals surface area contributed by atoms with Gasteiger partial charge in [0.1, 0.15) is 6.61 Å². The smallest absolute Gasteiger partial charge is 0.328 e. The molecule has 2 aromatic rings. The summed E-state index contributed by atoms with van der Waals surface area (Å²) in [5.74, 6) is 5.47. The average molecular weight is 262 g/mol. The number of imidazole rings is 1. The molecule has 0 spiro atoms. The van der Waals surface area contributed by atoms with E-state index in [1.54, 1.807) is 21.5 Å². The first-order chi connectivity index (χ1) is 8.74. The largest absolute Gasteiger partial charge is 0.384 e. The van der Waals surface area contributed by atoms with E-state index in [1.807, 2.05) is 19.1 Å². The molecule has 0 amide bonds. The fourth-order valence-electron chi connectivity index (χ4n) is 1.64. The van der Waals surface area contributed by atoms with Crippen molar-refractivity contribution in [3.05, 3.63) is 44.8 Å². The lowest BCUT2D eigenvalue weighted by Gasteiger charge is -1.97. The van der Waals surface area contributed by atoms with Gasteiger partial charge in [-0.3, -0.25) is 9.13 Å². The van der Waals surface area contributed by atoms with Crippen LogP contribution in [-0.4, -0.2) is 20.8 Å². The van der Waals surface area contributed by atoms with Crippen molar-refractivity contribution in [2.45, 2.75) is 20.0 Å². The van der Waals surface area contributed by atoms with Crippen molar-refractivity contribution in [3.63, 3.8) is 0 Å². The Hall–Kier alpha value is -1.77. The third-order valence-electron chi connectivity index (χ3n) is 2.54. The Bertz CT molecular complexity index is 640. The summed E-state index contributed by atoms with van der Waals surface area (Å²) in [7, 11) is 0. The van der Waals surface area contributed by atoms with Crippen LogP contribution in [0.2, 0.25) is 0 Å². The van der Waals surface area contributed by atoms with Gasteiger partial charge in [-0.25, -0.2) is 4.79 Å². The van der Waals surface area contributed by atoms with Gasteiger partial charge in [-0.2, -0.15) is 0 Å². The lowest BCUT2D eigenvalue weighted by molar-refractivity contribution is 0.350. The Morgan fingerprint density at radius 3 is 2.78 bits per heavy atom. The van der Waals surface area contributed by atoms with Crippen LogP contribution in [0.5, 0.6) is 0 Å². The van der Waals surface area contributed by atoms with Crippen molar-refractivity contribution in [1.82, 2.24) is 9.13 Å². The molecule has 4 nitrogen and oxygen atoms in total. The molecule has 0 unspecified atom stereocenters. The maximum absolute atomic E-state index is 11.9. The molecule has 18 heavy (non-hydrogen) atoms. The summed E-state index contributed by atoms with van der Waals surface area (Å²) in [5, 5.41) is 8.62. The molecule has 0 saturated heterocycles. The topological polar surface area (TPSA) is 47.2 Å². The summed E-state index contributed by atoms with van der Waals surface area (Å²) in [6.45, 7) is 3.06. The zero-order chi connectivity index (χ0) is 13.0. The van der Waals surface area contributed by atoms with Gasteiger partial charge in [0.15, 0.2) is 0 Å². The Morgan fingerprint density at radius 2 is 2.11 bits per heavy atom. The SMILES string of the molecule is CCn1ccn(Cc2ccc(C#CCO)s2)c1=O. The Morgan fingerprint density at radius 1 is 1.33 bits per heavy atom. The minimum absolute atomic E-state index is 0.00823. The van der Waals surface area contributed by atoms with E-state index in [4.69, 9.17) is 5.11 Å². The first kappa shape index (κ1) is 12.7. The Balaban J connectivity index is 2.16. The van der Waals surface area contributed by atoms with Gasteiger partial charge in [0.05, 0.1) is 11.4 Å². The van der Waals surface area contributed by atoms with Crippen molar-refractivity contribution in [1.29, 1.82) is 0 Å². The van der Waals surface area contributed by atoms with E-state index in [2.05, 4.69) is 11.8 Å². The normalized spacial score (nSPS) is 10.1. The number of aryl methyl sites for hydroxylation is 1. The predicted octanol–water partition coefficient (Wildman–Crippen LogP) is 1.12. The monoisotopic (exact) mass is 262 g/mol. The Labute approximate surface area is 109 Å². The predicted molar refractivity (Wildman–Crippen MR) is 71.8 cm³/mol. The van der Waals surface area contributed by atoms with Crippen LogP contribution in [0.3, 0.4) is 0 Å². The number of aliphatic hydroxyl groups excluding tert-OH is 1. The minimum atomic E-state index is -0.133. The third-order valence-corrected chi connectivity index (χ3v) is 3.52. The summed E-state index contributed by atoms with van der Waals surface area (Å²) in [4.78, 5) is 13.8. The molecule has 94 valence electrons. The van der Waals surface area contributed by atoms with Gasteiger partial charge in [0.25, 0.3) is 0 Å². The molecule has 1 N–H and O–H groups in total. The van der Waals surface area contributed by atoms with Crippen molar-refractivity contribution >= 4 is 11.3 Å². The number of aromatic nitrogens is 2. The highest BCUT2D eigenvalue weighted by molar-refractivity contribution is 7.12. The fraction of sp³-hybridized carbons (Fsp3) is 0.308. The van der Waals surface area contributed by atoms with Gasteiger partial charge < -0.3 is 5.11 Å². The van der Waals surface area contributed by atoms with Crippen LogP contribution in [0.15, 0.2) is 29.3 Å². The van der Waals surface area contributed by atoms with E-state index in [-0.39, 0.29) is 12.3 Å². The van der Waals surface area contributed by atoms with Gasteiger partial charge in [-0.15, -0.1) is 11.3 Å². The first-order valence-electron chi connectivity index (χ1n) is 5.68. The molecule has 2 aromatic heterocycles. The van der Waals surface area contributed by atoms with Crippen molar-refractivity contribution in [2.24, 2.45) is 0 Å². The summed E-state index contributed by atoms with van der Waals surface area (Å²) in [5.41, 5.74) is 0.00823. The summed E-state index contributed by atoms with van der Waals surface area (Å²) >= 11 is 1.54. The van der Waals surface area contributed by atoms with Crippen LogP contribution in [0.1, 0.15) is 16.7 Å². The number of hydrogen-bond acceptors (Lipinski definition) is 3. The van der Waals surface area contributed by atoms with Crippen LogP contribution in [0, 0.1) is 11.8 Å². The second-order valence-electron chi connectivity index (χ2n) is 3.72. The number of rotatable bonds is 3. The van der Waals surface area contributed by atoms with Crippen LogP contribution < -0.4 is 5.69 Å². The summed E-state index contributed by atoms with van der Waals surface area (Å²) in [6.07, 6.45) is 3.59. The number of thiophene rings is 1. The highest BCUT2D eigenvalue weighted by Gasteiger charge is 2.04. The summed E-state index contributed by atoms with van der Waals surface area (Å²) in [6, 6.07) is 3.87. The summed E-state index contributed by atoms with van der Waals surface area (Å²) < 4.78 is 3.35. The molecule has 0 fully saturated rings. The lowest BCUT2D eigenvalue weighted by Crippen LogP contribution is -2.23. The molecule has 0 saturated carbocycles. The molecule has 0 radical (unpaired) electrons. The van der Waals surface area contributed by atoms with Crippen LogP contribution in [0.4, 0.5) is 0 Å². The number of aliphatic hydroxyl groups is 1. The number of hydrogen-bond donors (Lipinski definition) is 1. The van der Waals surface area contributed by atoms with Gasteiger partial charge in [-0.05, 0) is 19.1 Å². The molecule has 0 atom stereocenters.